The van der Waals surface area contributed by atoms with Crippen LogP contribution in [0.3, 0.4) is 0 Å². The van der Waals surface area contributed by atoms with Crippen LogP contribution in [0, 0.1) is 6.92 Å². The molecular weight excluding hydrogens is 296 g/mol. The normalized spacial score (nSPS) is 10.2. The van der Waals surface area contributed by atoms with Crippen LogP contribution in [0.1, 0.15) is 71.1 Å². The van der Waals surface area contributed by atoms with Gasteiger partial charge in [-0.15, -0.1) is 0 Å². The zero-order valence-corrected chi connectivity index (χ0v) is 13.2. The van der Waals surface area contributed by atoms with Crippen LogP contribution in [-0.2, 0) is 27.5 Å². The third-order valence-electron chi connectivity index (χ3n) is 2.35. The van der Waals surface area contributed by atoms with E-state index < -0.39 is 10.4 Å². The number of unbranched alkanes of at least 4 members (excludes halogenated alkanes) is 9. The van der Waals surface area contributed by atoms with Gasteiger partial charge in [0.05, 0.1) is 0 Å². The largest absolute Gasteiger partial charge is 0.394 e. The van der Waals surface area contributed by atoms with Gasteiger partial charge in [0.15, 0.2) is 0 Å². The summed E-state index contributed by atoms with van der Waals surface area (Å²) >= 11 is 0. The molecule has 0 aromatic rings. The van der Waals surface area contributed by atoms with Gasteiger partial charge in [-0.1, -0.05) is 78.1 Å². The van der Waals surface area contributed by atoms with Crippen molar-refractivity contribution in [1.82, 2.24) is 0 Å². The number of hydrogen-bond donors (Lipinski definition) is 2. The maximum atomic E-state index is 8.74. The molecule has 6 heteroatoms. The molecule has 0 unspecified atom stereocenters. The molecule has 4 nitrogen and oxygen atoms in total. The second kappa shape index (κ2) is 17.4. The van der Waals surface area contributed by atoms with Crippen LogP contribution in [0.5, 0.6) is 0 Å². The van der Waals surface area contributed by atoms with Gasteiger partial charge in [0, 0.05) is 17.1 Å². The molecule has 0 aliphatic rings. The summed E-state index contributed by atoms with van der Waals surface area (Å²) in [6, 6.07) is 0. The van der Waals surface area contributed by atoms with Crippen LogP contribution in [0.25, 0.3) is 0 Å². The fourth-order valence-corrected chi connectivity index (χ4v) is 1.49. The summed E-state index contributed by atoms with van der Waals surface area (Å²) in [6.07, 6.45) is 13.9. The zero-order chi connectivity index (χ0) is 13.6. The molecule has 2 N–H and O–H groups in total. The van der Waals surface area contributed by atoms with Gasteiger partial charge in [-0.25, -0.2) is 0 Å². The minimum absolute atomic E-state index is 0. The Labute approximate surface area is 123 Å². The summed E-state index contributed by atoms with van der Waals surface area (Å²) in [5, 5.41) is 0. The van der Waals surface area contributed by atoms with Crippen LogP contribution in [0.2, 0.25) is 0 Å². The molecule has 0 rings (SSSR count). The fraction of sp³-hybridized carbons (Fsp3) is 0.917. The van der Waals surface area contributed by atoms with Crippen LogP contribution >= 0.6 is 0 Å². The summed E-state index contributed by atoms with van der Waals surface area (Å²) in [5.74, 6) is 0. The van der Waals surface area contributed by atoms with Crippen molar-refractivity contribution >= 4 is 10.4 Å². The molecule has 0 amide bonds. The van der Waals surface area contributed by atoms with Gasteiger partial charge in [0.1, 0.15) is 0 Å². The van der Waals surface area contributed by atoms with Crippen molar-refractivity contribution in [2.75, 3.05) is 0 Å². The Morgan fingerprint density at radius 3 is 1.39 bits per heavy atom. The molecule has 18 heavy (non-hydrogen) atoms. The van der Waals surface area contributed by atoms with Gasteiger partial charge in [-0.05, 0) is 0 Å². The van der Waals surface area contributed by atoms with E-state index in [0.717, 1.165) is 6.42 Å². The Balaban J connectivity index is -0.000000321. The molecule has 0 fully saturated rings. The quantitative estimate of drug-likeness (QED) is 0.381. The van der Waals surface area contributed by atoms with Gasteiger partial charge in [0.2, 0.25) is 0 Å². The number of hydrogen-bond acceptors (Lipinski definition) is 2. The Bertz CT molecular complexity index is 212. The van der Waals surface area contributed by atoms with E-state index in [4.69, 9.17) is 17.5 Å². The summed E-state index contributed by atoms with van der Waals surface area (Å²) in [6.45, 7) is 6.12. The molecule has 0 bridgehead atoms. The molecule has 0 aliphatic heterocycles. The van der Waals surface area contributed by atoms with Crippen molar-refractivity contribution in [1.29, 1.82) is 0 Å². The van der Waals surface area contributed by atoms with E-state index in [0.29, 0.717) is 0 Å². The Hall–Kier alpha value is 0.389. The van der Waals surface area contributed by atoms with Gasteiger partial charge in [-0.3, -0.25) is 9.11 Å². The monoisotopic (exact) mass is 323 g/mol. The van der Waals surface area contributed by atoms with Gasteiger partial charge in [0.25, 0.3) is 0 Å². The maximum Gasteiger partial charge on any atom is 0.394 e. The van der Waals surface area contributed by atoms with Gasteiger partial charge >= 0.3 is 10.4 Å². The SMILES string of the molecule is O=S(=O)(O)O.[CH2]CCCCCCCCCCC.[Fe]. The first-order chi connectivity index (χ1) is 7.91. The van der Waals surface area contributed by atoms with Crippen molar-refractivity contribution in [2.24, 2.45) is 0 Å². The molecule has 0 aromatic heterocycles. The molecule has 0 saturated carbocycles. The minimum Gasteiger partial charge on any atom is -0.264 e. The molecule has 0 atom stereocenters. The van der Waals surface area contributed by atoms with E-state index >= 15 is 0 Å². The Kier molecular flexibility index (Phi) is 22.7. The van der Waals surface area contributed by atoms with E-state index in [1.165, 1.54) is 57.8 Å². The second-order valence-electron chi connectivity index (χ2n) is 4.13. The van der Waals surface area contributed by atoms with Crippen LogP contribution < -0.4 is 0 Å². The van der Waals surface area contributed by atoms with Crippen molar-refractivity contribution in [2.45, 2.75) is 71.1 Å². The molecule has 0 spiro atoms. The van der Waals surface area contributed by atoms with Gasteiger partial charge in [-0.2, -0.15) is 8.42 Å². The summed E-state index contributed by atoms with van der Waals surface area (Å²) < 4.78 is 31.6. The smallest absolute Gasteiger partial charge is 0.264 e. The van der Waals surface area contributed by atoms with Crippen molar-refractivity contribution in [3.63, 3.8) is 0 Å². The number of rotatable bonds is 9. The molecule has 0 heterocycles. The first-order valence-electron chi connectivity index (χ1n) is 6.41. The third-order valence-corrected chi connectivity index (χ3v) is 2.35. The van der Waals surface area contributed by atoms with Crippen LogP contribution in [0.4, 0.5) is 0 Å². The first kappa shape index (κ1) is 23.5. The predicted octanol–water partition coefficient (Wildman–Crippen LogP) is 4.09. The molecule has 0 saturated heterocycles. The topological polar surface area (TPSA) is 74.6 Å². The summed E-state index contributed by atoms with van der Waals surface area (Å²) in [4.78, 5) is 0. The van der Waals surface area contributed by atoms with Crippen molar-refractivity contribution < 1.29 is 34.6 Å². The van der Waals surface area contributed by atoms with E-state index in [2.05, 4.69) is 13.8 Å². The molecule has 0 aromatic carbocycles. The van der Waals surface area contributed by atoms with E-state index in [-0.39, 0.29) is 17.1 Å². The predicted molar refractivity (Wildman–Crippen MR) is 71.4 cm³/mol. The van der Waals surface area contributed by atoms with E-state index in [1.54, 1.807) is 0 Å². The summed E-state index contributed by atoms with van der Waals surface area (Å²) in [5.41, 5.74) is 0. The zero-order valence-electron chi connectivity index (χ0n) is 11.3. The molecule has 0 aliphatic carbocycles. The minimum atomic E-state index is -4.67. The van der Waals surface area contributed by atoms with E-state index in [9.17, 15) is 0 Å². The van der Waals surface area contributed by atoms with E-state index in [1.807, 2.05) is 0 Å². The standard InChI is InChI=1S/C12H25.Fe.H2O4S/c1-3-5-7-9-11-12-10-8-6-4-2;;1-5(2,3)4/h1,3-12H2,2H3;;(H2,1,2,3,4). The van der Waals surface area contributed by atoms with Crippen LogP contribution in [0.15, 0.2) is 0 Å². The van der Waals surface area contributed by atoms with Crippen LogP contribution in [-0.4, -0.2) is 17.5 Å². The van der Waals surface area contributed by atoms with Crippen molar-refractivity contribution in [3.05, 3.63) is 6.92 Å². The average molecular weight is 323 g/mol. The fourth-order valence-electron chi connectivity index (χ4n) is 1.49. The maximum absolute atomic E-state index is 8.74. The third kappa shape index (κ3) is 44.0. The second-order valence-corrected chi connectivity index (χ2v) is 5.03. The Morgan fingerprint density at radius 1 is 0.833 bits per heavy atom. The van der Waals surface area contributed by atoms with Crippen molar-refractivity contribution in [3.8, 4) is 0 Å². The molecule has 1 radical (unpaired) electrons. The molecular formula is C12H27FeO4S. The average Bonchev–Trinajstić information content (AvgIpc) is 2.20. The molecule has 113 valence electrons. The summed E-state index contributed by atoms with van der Waals surface area (Å²) in [7, 11) is -4.67. The first-order valence-corrected chi connectivity index (χ1v) is 7.80. The van der Waals surface area contributed by atoms with Gasteiger partial charge < -0.3 is 0 Å². The Morgan fingerprint density at radius 2 is 1.11 bits per heavy atom.